The highest BCUT2D eigenvalue weighted by Gasteiger charge is 2.29. The molecule has 1 aromatic rings. The third kappa shape index (κ3) is 5.76. The van der Waals surface area contributed by atoms with Crippen molar-refractivity contribution in [1.82, 2.24) is 15.5 Å². The average Bonchev–Trinajstić information content (AvgIpc) is 3.39. The lowest BCUT2D eigenvalue weighted by Crippen LogP contribution is -2.38. The van der Waals surface area contributed by atoms with Gasteiger partial charge in [0.15, 0.2) is 5.96 Å². The summed E-state index contributed by atoms with van der Waals surface area (Å²) in [7, 11) is 0. The first-order valence-electron chi connectivity index (χ1n) is 9.58. The summed E-state index contributed by atoms with van der Waals surface area (Å²) in [6.45, 7) is 6.31. The maximum absolute atomic E-state index is 12.2. The Kier molecular flexibility index (Phi) is 6.31. The lowest BCUT2D eigenvalue weighted by atomic mass is 10.1. The van der Waals surface area contributed by atoms with Gasteiger partial charge in [0, 0.05) is 45.1 Å². The van der Waals surface area contributed by atoms with Gasteiger partial charge in [-0.05, 0) is 37.7 Å². The van der Waals surface area contributed by atoms with E-state index in [4.69, 9.17) is 4.99 Å². The molecule has 1 saturated carbocycles. The topological polar surface area (TPSA) is 56.7 Å². The largest absolute Gasteiger partial charge is 0.357 e. The summed E-state index contributed by atoms with van der Waals surface area (Å²) in [5.41, 5.74) is 1.29. The molecule has 0 spiro atoms. The molecule has 136 valence electrons. The molecule has 1 amide bonds. The van der Waals surface area contributed by atoms with E-state index >= 15 is 0 Å². The van der Waals surface area contributed by atoms with Crippen molar-refractivity contribution in [3.8, 4) is 0 Å². The van der Waals surface area contributed by atoms with E-state index in [1.54, 1.807) is 0 Å². The zero-order chi connectivity index (χ0) is 17.5. The molecule has 0 bridgehead atoms. The minimum absolute atomic E-state index is 0.270. The maximum Gasteiger partial charge on any atom is 0.223 e. The van der Waals surface area contributed by atoms with E-state index in [0.717, 1.165) is 44.5 Å². The second-order valence-electron chi connectivity index (χ2n) is 7.19. The number of carbonyl (C=O) groups excluding carboxylic acids is 1. The van der Waals surface area contributed by atoms with Crippen LogP contribution in [-0.2, 0) is 11.2 Å². The van der Waals surface area contributed by atoms with Gasteiger partial charge in [0.2, 0.25) is 5.91 Å². The van der Waals surface area contributed by atoms with Crippen LogP contribution >= 0.6 is 0 Å². The van der Waals surface area contributed by atoms with E-state index in [1.807, 2.05) is 11.0 Å². The first-order chi connectivity index (χ1) is 12.2. The molecule has 1 unspecified atom stereocenters. The van der Waals surface area contributed by atoms with Crippen LogP contribution in [0.2, 0.25) is 0 Å². The van der Waals surface area contributed by atoms with E-state index in [2.05, 4.69) is 41.8 Å². The van der Waals surface area contributed by atoms with Crippen molar-refractivity contribution in [2.24, 2.45) is 16.8 Å². The second kappa shape index (κ2) is 8.88. The number of guanidine groups is 1. The highest BCUT2D eigenvalue weighted by atomic mass is 16.2. The zero-order valence-electron chi connectivity index (χ0n) is 15.2. The minimum Gasteiger partial charge on any atom is -0.357 e. The van der Waals surface area contributed by atoms with Crippen LogP contribution in [0.5, 0.6) is 0 Å². The van der Waals surface area contributed by atoms with E-state index in [9.17, 15) is 4.79 Å². The fourth-order valence-electron chi connectivity index (χ4n) is 3.23. The van der Waals surface area contributed by atoms with Crippen molar-refractivity contribution in [1.29, 1.82) is 0 Å². The molecule has 25 heavy (non-hydrogen) atoms. The first kappa shape index (κ1) is 17.8. The van der Waals surface area contributed by atoms with E-state index in [-0.39, 0.29) is 5.91 Å². The Balaban J connectivity index is 1.44. The van der Waals surface area contributed by atoms with Crippen LogP contribution in [0.3, 0.4) is 0 Å². The molecule has 1 aliphatic carbocycles. The maximum atomic E-state index is 12.2. The monoisotopic (exact) mass is 342 g/mol. The molecular formula is C20H30N4O. The summed E-state index contributed by atoms with van der Waals surface area (Å²) in [5.74, 6) is 2.32. The van der Waals surface area contributed by atoms with Crippen LogP contribution in [-0.4, -0.2) is 49.5 Å². The van der Waals surface area contributed by atoms with E-state index < -0.39 is 0 Å². The standard InChI is InChI=1S/C20H30N4O/c1-2-21-20(22-13-17-8-9-17)23-14-18-12-19(25)24(15-18)11-10-16-6-4-3-5-7-16/h3-7,17-18H,2,8-15H2,1H3,(H2,21,22,23). The van der Waals surface area contributed by atoms with Crippen LogP contribution < -0.4 is 10.6 Å². The van der Waals surface area contributed by atoms with Gasteiger partial charge in [-0.3, -0.25) is 9.79 Å². The number of hydrogen-bond donors (Lipinski definition) is 2. The number of nitrogens with one attached hydrogen (secondary N) is 2. The van der Waals surface area contributed by atoms with Crippen molar-refractivity contribution >= 4 is 11.9 Å². The van der Waals surface area contributed by atoms with Gasteiger partial charge in [-0.15, -0.1) is 0 Å². The van der Waals surface area contributed by atoms with Gasteiger partial charge in [-0.25, -0.2) is 0 Å². The van der Waals surface area contributed by atoms with Crippen molar-refractivity contribution < 1.29 is 4.79 Å². The van der Waals surface area contributed by atoms with Crippen LogP contribution in [0.25, 0.3) is 0 Å². The molecule has 2 N–H and O–H groups in total. The number of likely N-dealkylation sites (tertiary alicyclic amines) is 1. The van der Waals surface area contributed by atoms with Gasteiger partial charge < -0.3 is 15.5 Å². The van der Waals surface area contributed by atoms with Gasteiger partial charge in [-0.2, -0.15) is 0 Å². The fraction of sp³-hybridized carbons (Fsp3) is 0.600. The molecule has 2 aliphatic rings. The number of amides is 1. The van der Waals surface area contributed by atoms with Gasteiger partial charge in [0.05, 0.1) is 0 Å². The molecule has 0 aromatic heterocycles. The van der Waals surface area contributed by atoms with Gasteiger partial charge in [0.1, 0.15) is 0 Å². The second-order valence-corrected chi connectivity index (χ2v) is 7.19. The van der Waals surface area contributed by atoms with Crippen LogP contribution in [0, 0.1) is 11.8 Å². The van der Waals surface area contributed by atoms with Gasteiger partial charge in [0.25, 0.3) is 0 Å². The minimum atomic E-state index is 0.270. The summed E-state index contributed by atoms with van der Waals surface area (Å²) in [6.07, 6.45) is 4.22. The Labute approximate surface area is 150 Å². The molecular weight excluding hydrogens is 312 g/mol. The quantitative estimate of drug-likeness (QED) is 0.561. The van der Waals surface area contributed by atoms with E-state index in [1.165, 1.54) is 18.4 Å². The summed E-state index contributed by atoms with van der Waals surface area (Å²) in [6, 6.07) is 10.4. The van der Waals surface area contributed by atoms with Crippen LogP contribution in [0.4, 0.5) is 0 Å². The summed E-state index contributed by atoms with van der Waals surface area (Å²) in [4.78, 5) is 18.9. The van der Waals surface area contributed by atoms with Crippen molar-refractivity contribution in [2.45, 2.75) is 32.6 Å². The predicted molar refractivity (Wildman–Crippen MR) is 102 cm³/mol. The Bertz CT molecular complexity index is 583. The summed E-state index contributed by atoms with van der Waals surface area (Å²) < 4.78 is 0. The first-order valence-corrected chi connectivity index (χ1v) is 9.58. The lowest BCUT2D eigenvalue weighted by Gasteiger charge is -2.16. The molecule has 1 aromatic carbocycles. The molecule has 3 rings (SSSR count). The number of rotatable bonds is 8. The van der Waals surface area contributed by atoms with Crippen molar-refractivity contribution in [3.05, 3.63) is 35.9 Å². The lowest BCUT2D eigenvalue weighted by molar-refractivity contribution is -0.127. The fourth-order valence-corrected chi connectivity index (χ4v) is 3.23. The molecule has 2 fully saturated rings. The molecule has 1 atom stereocenters. The third-order valence-electron chi connectivity index (χ3n) is 4.91. The number of nitrogens with zero attached hydrogens (tertiary/aromatic N) is 2. The van der Waals surface area contributed by atoms with Crippen LogP contribution in [0.15, 0.2) is 35.3 Å². The third-order valence-corrected chi connectivity index (χ3v) is 4.91. The summed E-state index contributed by atoms with van der Waals surface area (Å²) >= 11 is 0. The van der Waals surface area contributed by atoms with Crippen molar-refractivity contribution in [3.63, 3.8) is 0 Å². The normalized spacial score (nSPS) is 20.8. The van der Waals surface area contributed by atoms with Gasteiger partial charge in [-0.1, -0.05) is 30.3 Å². The molecule has 5 heteroatoms. The zero-order valence-corrected chi connectivity index (χ0v) is 15.2. The van der Waals surface area contributed by atoms with Crippen molar-refractivity contribution in [2.75, 3.05) is 32.7 Å². The Morgan fingerprint density at radius 1 is 1.20 bits per heavy atom. The smallest absolute Gasteiger partial charge is 0.223 e. The number of aliphatic imine (C=N–C) groups is 1. The Morgan fingerprint density at radius 3 is 2.72 bits per heavy atom. The SMILES string of the molecule is CCNC(=NCC1CC(=O)N(CCc2ccccc2)C1)NCC1CC1. The molecule has 1 heterocycles. The molecule has 5 nitrogen and oxygen atoms in total. The van der Waals surface area contributed by atoms with E-state index in [0.29, 0.717) is 18.9 Å². The predicted octanol–water partition coefficient (Wildman–Crippen LogP) is 2.04. The highest BCUT2D eigenvalue weighted by Crippen LogP contribution is 2.27. The number of benzene rings is 1. The molecule has 1 saturated heterocycles. The Hall–Kier alpha value is -2.04. The molecule has 1 aliphatic heterocycles. The number of carbonyl (C=O) groups is 1. The average molecular weight is 342 g/mol. The van der Waals surface area contributed by atoms with Gasteiger partial charge >= 0.3 is 0 Å². The number of hydrogen-bond acceptors (Lipinski definition) is 2. The summed E-state index contributed by atoms with van der Waals surface area (Å²) in [5, 5.41) is 6.72. The Morgan fingerprint density at radius 2 is 2.00 bits per heavy atom. The molecule has 0 radical (unpaired) electrons. The highest BCUT2D eigenvalue weighted by molar-refractivity contribution is 5.80. The van der Waals surface area contributed by atoms with Crippen LogP contribution in [0.1, 0.15) is 31.7 Å².